The van der Waals surface area contributed by atoms with Gasteiger partial charge < -0.3 is 5.32 Å². The number of nitrogens with one attached hydrogen (secondary N) is 1. The lowest BCUT2D eigenvalue weighted by molar-refractivity contribution is 0.889. The van der Waals surface area contributed by atoms with E-state index in [1.54, 1.807) is 6.07 Å². The number of halogens is 1. The molecule has 1 aliphatic rings. The summed E-state index contributed by atoms with van der Waals surface area (Å²) < 4.78 is 0. The van der Waals surface area contributed by atoms with Gasteiger partial charge >= 0.3 is 0 Å². The van der Waals surface area contributed by atoms with Crippen molar-refractivity contribution < 1.29 is 0 Å². The van der Waals surface area contributed by atoms with Gasteiger partial charge in [-0.2, -0.15) is 5.26 Å². The van der Waals surface area contributed by atoms with Crippen LogP contribution in [-0.4, -0.2) is 6.54 Å². The van der Waals surface area contributed by atoms with Crippen LogP contribution in [0, 0.1) is 17.2 Å². The largest absolute Gasteiger partial charge is 0.384 e. The smallest absolute Gasteiger partial charge is 0.103 e. The van der Waals surface area contributed by atoms with Gasteiger partial charge in [-0.05, 0) is 30.9 Å². The molecule has 2 nitrogen and oxygen atoms in total. The Hall–Kier alpha value is -1.20. The molecule has 0 spiro atoms. The third-order valence-electron chi connectivity index (χ3n) is 2.40. The highest BCUT2D eigenvalue weighted by Gasteiger charge is 2.21. The average molecular weight is 207 g/mol. The molecule has 0 unspecified atom stereocenters. The van der Waals surface area contributed by atoms with Gasteiger partial charge in [-0.15, -0.1) is 0 Å². The summed E-state index contributed by atoms with van der Waals surface area (Å²) in [5, 5.41) is 12.7. The van der Waals surface area contributed by atoms with Crippen LogP contribution in [0.5, 0.6) is 0 Å². The zero-order valence-corrected chi connectivity index (χ0v) is 8.51. The number of hydrogen-bond donors (Lipinski definition) is 1. The lowest BCUT2D eigenvalue weighted by Crippen LogP contribution is -2.04. The number of hydrogen-bond acceptors (Lipinski definition) is 2. The third kappa shape index (κ3) is 2.00. The molecule has 0 amide bonds. The van der Waals surface area contributed by atoms with E-state index in [2.05, 4.69) is 11.4 Å². The molecule has 1 aliphatic carbocycles. The lowest BCUT2D eigenvalue weighted by atomic mass is 10.2. The molecule has 1 N–H and O–H groups in total. The van der Waals surface area contributed by atoms with Gasteiger partial charge in [-0.3, -0.25) is 0 Å². The third-order valence-corrected chi connectivity index (χ3v) is 2.72. The van der Waals surface area contributed by atoms with Gasteiger partial charge in [-0.25, -0.2) is 0 Å². The van der Waals surface area contributed by atoms with E-state index in [-0.39, 0.29) is 0 Å². The number of rotatable bonds is 3. The maximum Gasteiger partial charge on any atom is 0.103 e. The van der Waals surface area contributed by atoms with E-state index < -0.39 is 0 Å². The molecule has 0 bridgehead atoms. The van der Waals surface area contributed by atoms with Gasteiger partial charge in [0.05, 0.1) is 16.3 Å². The van der Waals surface area contributed by atoms with Crippen LogP contribution in [-0.2, 0) is 0 Å². The molecular formula is C11H11ClN2. The van der Waals surface area contributed by atoms with Crippen molar-refractivity contribution in [2.45, 2.75) is 12.8 Å². The second-order valence-corrected chi connectivity index (χ2v) is 4.01. The second kappa shape index (κ2) is 3.89. The van der Waals surface area contributed by atoms with Crippen molar-refractivity contribution in [1.82, 2.24) is 0 Å². The second-order valence-electron chi connectivity index (χ2n) is 3.60. The molecule has 0 radical (unpaired) electrons. The summed E-state index contributed by atoms with van der Waals surface area (Å²) in [4.78, 5) is 0. The molecule has 0 heterocycles. The van der Waals surface area contributed by atoms with Crippen LogP contribution >= 0.6 is 11.6 Å². The van der Waals surface area contributed by atoms with Crippen LogP contribution in [0.15, 0.2) is 18.2 Å². The molecule has 14 heavy (non-hydrogen) atoms. The predicted octanol–water partition coefficient (Wildman–Crippen LogP) is 3.03. The minimum atomic E-state index is 0.522. The Labute approximate surface area is 88.5 Å². The molecule has 2 rings (SSSR count). The molecule has 1 fully saturated rings. The monoisotopic (exact) mass is 206 g/mol. The Kier molecular flexibility index (Phi) is 2.60. The molecule has 0 atom stereocenters. The van der Waals surface area contributed by atoms with Crippen LogP contribution < -0.4 is 5.32 Å². The molecule has 1 saturated carbocycles. The Morgan fingerprint density at radius 2 is 2.29 bits per heavy atom. The fourth-order valence-electron chi connectivity index (χ4n) is 1.36. The van der Waals surface area contributed by atoms with Crippen LogP contribution in [0.3, 0.4) is 0 Å². The Morgan fingerprint density at radius 1 is 1.50 bits per heavy atom. The van der Waals surface area contributed by atoms with Crippen LogP contribution in [0.25, 0.3) is 0 Å². The van der Waals surface area contributed by atoms with E-state index in [4.69, 9.17) is 16.9 Å². The molecule has 1 aromatic carbocycles. The fraction of sp³-hybridized carbons (Fsp3) is 0.364. The summed E-state index contributed by atoms with van der Waals surface area (Å²) in [5.74, 6) is 0.792. The first kappa shape index (κ1) is 9.36. The quantitative estimate of drug-likeness (QED) is 0.825. The molecule has 72 valence electrons. The van der Waals surface area contributed by atoms with Crippen molar-refractivity contribution >= 4 is 17.3 Å². The number of anilines is 1. The fourth-order valence-corrected chi connectivity index (χ4v) is 1.58. The molecule has 1 aromatic rings. The first-order valence-corrected chi connectivity index (χ1v) is 5.11. The summed E-state index contributed by atoms with van der Waals surface area (Å²) in [6, 6.07) is 7.61. The van der Waals surface area contributed by atoms with Crippen LogP contribution in [0.2, 0.25) is 5.02 Å². The maximum atomic E-state index is 8.91. The highest BCUT2D eigenvalue weighted by Crippen LogP contribution is 2.30. The summed E-state index contributed by atoms with van der Waals surface area (Å²) in [6.45, 7) is 0.953. The van der Waals surface area contributed by atoms with E-state index in [1.165, 1.54) is 12.8 Å². The highest BCUT2D eigenvalue weighted by atomic mass is 35.5. The Balaban J connectivity index is 2.14. The van der Waals surface area contributed by atoms with Crippen molar-refractivity contribution in [2.75, 3.05) is 11.9 Å². The molecule has 0 aliphatic heterocycles. The average Bonchev–Trinajstić information content (AvgIpc) is 2.98. The van der Waals surface area contributed by atoms with Gasteiger partial charge in [0.2, 0.25) is 0 Å². The van der Waals surface area contributed by atoms with Gasteiger partial charge in [0.25, 0.3) is 0 Å². The van der Waals surface area contributed by atoms with E-state index in [1.807, 2.05) is 12.1 Å². The van der Waals surface area contributed by atoms with Crippen molar-refractivity contribution in [3.05, 3.63) is 28.8 Å². The molecule has 0 aromatic heterocycles. The molecule has 3 heteroatoms. The zero-order chi connectivity index (χ0) is 9.97. The number of nitriles is 1. The summed E-state index contributed by atoms with van der Waals surface area (Å²) in [6.07, 6.45) is 2.60. The first-order chi connectivity index (χ1) is 6.81. The Morgan fingerprint density at radius 3 is 2.93 bits per heavy atom. The van der Waals surface area contributed by atoms with E-state index in [0.717, 1.165) is 18.2 Å². The standard InChI is InChI=1S/C11H11ClN2/c12-10-2-1-3-11(9(10)6-13)14-7-8-4-5-8/h1-3,8,14H,4-5,7H2. The van der Waals surface area contributed by atoms with Gasteiger partial charge in [0.1, 0.15) is 6.07 Å². The minimum absolute atomic E-state index is 0.522. The van der Waals surface area contributed by atoms with Gasteiger partial charge in [-0.1, -0.05) is 17.7 Å². The van der Waals surface area contributed by atoms with Crippen molar-refractivity contribution in [3.63, 3.8) is 0 Å². The van der Waals surface area contributed by atoms with Crippen LogP contribution in [0.1, 0.15) is 18.4 Å². The minimum Gasteiger partial charge on any atom is -0.384 e. The van der Waals surface area contributed by atoms with E-state index >= 15 is 0 Å². The first-order valence-electron chi connectivity index (χ1n) is 4.73. The summed E-state index contributed by atoms with van der Waals surface area (Å²) in [7, 11) is 0. The van der Waals surface area contributed by atoms with Gasteiger partial charge in [0.15, 0.2) is 0 Å². The van der Waals surface area contributed by atoms with E-state index in [0.29, 0.717) is 10.6 Å². The SMILES string of the molecule is N#Cc1c(Cl)cccc1NCC1CC1. The maximum absolute atomic E-state index is 8.91. The van der Waals surface area contributed by atoms with Crippen LogP contribution in [0.4, 0.5) is 5.69 Å². The topological polar surface area (TPSA) is 35.8 Å². The van der Waals surface area contributed by atoms with Crippen molar-refractivity contribution in [2.24, 2.45) is 5.92 Å². The zero-order valence-electron chi connectivity index (χ0n) is 7.76. The molecular weight excluding hydrogens is 196 g/mol. The number of nitrogens with zero attached hydrogens (tertiary/aromatic N) is 1. The normalized spacial score (nSPS) is 14.9. The summed E-state index contributed by atoms with van der Waals surface area (Å²) in [5.41, 5.74) is 1.40. The lowest BCUT2D eigenvalue weighted by Gasteiger charge is -2.07. The predicted molar refractivity (Wildman–Crippen MR) is 57.4 cm³/mol. The Bertz CT molecular complexity index is 377. The summed E-state index contributed by atoms with van der Waals surface area (Å²) >= 11 is 5.90. The van der Waals surface area contributed by atoms with Crippen molar-refractivity contribution in [1.29, 1.82) is 5.26 Å². The number of benzene rings is 1. The van der Waals surface area contributed by atoms with Crippen molar-refractivity contribution in [3.8, 4) is 6.07 Å². The highest BCUT2D eigenvalue weighted by molar-refractivity contribution is 6.32. The van der Waals surface area contributed by atoms with E-state index in [9.17, 15) is 0 Å². The van der Waals surface area contributed by atoms with Gasteiger partial charge in [0, 0.05) is 6.54 Å². The molecule has 0 saturated heterocycles.